The van der Waals surface area contributed by atoms with Gasteiger partial charge in [0.1, 0.15) is 0 Å². The maximum Gasteiger partial charge on any atom is 0.232 e. The number of benzene rings is 2. The number of amides is 1. The van der Waals surface area contributed by atoms with Gasteiger partial charge in [-0.05, 0) is 55.1 Å². The second-order valence-corrected chi connectivity index (χ2v) is 7.89. The van der Waals surface area contributed by atoms with Crippen molar-refractivity contribution >= 4 is 5.91 Å². The first-order chi connectivity index (χ1) is 12.2. The lowest BCUT2D eigenvalue weighted by Crippen LogP contribution is -2.42. The summed E-state index contributed by atoms with van der Waals surface area (Å²) >= 11 is 0. The molecule has 2 fully saturated rings. The van der Waals surface area contributed by atoms with E-state index in [1.807, 2.05) is 36.4 Å². The highest BCUT2D eigenvalue weighted by Crippen LogP contribution is 2.49. The van der Waals surface area contributed by atoms with Gasteiger partial charge in [-0.25, -0.2) is 0 Å². The van der Waals surface area contributed by atoms with Crippen LogP contribution >= 0.6 is 0 Å². The van der Waals surface area contributed by atoms with E-state index in [-0.39, 0.29) is 17.9 Å². The van der Waals surface area contributed by atoms with Gasteiger partial charge in [0, 0.05) is 6.04 Å². The summed E-state index contributed by atoms with van der Waals surface area (Å²) in [5.41, 5.74) is 2.12. The molecule has 2 aromatic rings. The molecule has 0 unspecified atom stereocenters. The van der Waals surface area contributed by atoms with Crippen LogP contribution in [0, 0.1) is 17.8 Å². The van der Waals surface area contributed by atoms with Crippen molar-refractivity contribution in [1.82, 2.24) is 5.32 Å². The van der Waals surface area contributed by atoms with Crippen LogP contribution in [0.15, 0.2) is 60.7 Å². The van der Waals surface area contributed by atoms with Gasteiger partial charge in [0.25, 0.3) is 0 Å². The van der Waals surface area contributed by atoms with Crippen molar-refractivity contribution < 1.29 is 4.79 Å². The van der Waals surface area contributed by atoms with Crippen molar-refractivity contribution in [3.8, 4) is 0 Å². The van der Waals surface area contributed by atoms with E-state index in [0.29, 0.717) is 5.92 Å². The molecule has 0 radical (unpaired) electrons. The topological polar surface area (TPSA) is 29.1 Å². The van der Waals surface area contributed by atoms with Crippen molar-refractivity contribution in [2.24, 2.45) is 17.8 Å². The van der Waals surface area contributed by atoms with E-state index in [0.717, 1.165) is 23.0 Å². The van der Waals surface area contributed by atoms with Crippen LogP contribution in [-0.2, 0) is 4.79 Å². The Labute approximate surface area is 150 Å². The summed E-state index contributed by atoms with van der Waals surface area (Å²) in [6.45, 7) is 2.20. The quantitative estimate of drug-likeness (QED) is 0.840. The molecule has 130 valence electrons. The average Bonchev–Trinajstić information content (AvgIpc) is 3.27. The van der Waals surface area contributed by atoms with Crippen molar-refractivity contribution in [3.05, 3.63) is 71.8 Å². The Morgan fingerprint density at radius 3 is 2.00 bits per heavy atom. The summed E-state index contributed by atoms with van der Waals surface area (Å²) in [4.78, 5) is 13.2. The number of carbonyl (C=O) groups excluding carboxylic acids is 1. The molecule has 1 amide bonds. The molecule has 4 atom stereocenters. The van der Waals surface area contributed by atoms with Gasteiger partial charge in [-0.15, -0.1) is 0 Å². The highest BCUT2D eigenvalue weighted by molar-refractivity contribution is 5.87. The highest BCUT2D eigenvalue weighted by atomic mass is 16.1. The van der Waals surface area contributed by atoms with Crippen molar-refractivity contribution in [2.45, 2.75) is 44.6 Å². The fraction of sp³-hybridized carbons (Fsp3) is 0.435. The number of hydrogen-bond acceptors (Lipinski definition) is 1. The summed E-state index contributed by atoms with van der Waals surface area (Å²) in [7, 11) is 0. The van der Waals surface area contributed by atoms with Crippen LogP contribution < -0.4 is 5.32 Å². The summed E-state index contributed by atoms with van der Waals surface area (Å²) in [5, 5.41) is 3.36. The van der Waals surface area contributed by atoms with Crippen LogP contribution in [0.2, 0.25) is 0 Å². The lowest BCUT2D eigenvalue weighted by atomic mass is 9.83. The number of fused-ring (bicyclic) bond motifs is 2. The molecule has 2 aliphatic rings. The molecule has 2 bridgehead atoms. The second-order valence-electron chi connectivity index (χ2n) is 7.89. The largest absolute Gasteiger partial charge is 0.353 e. The first-order valence-electron chi connectivity index (χ1n) is 9.62. The van der Waals surface area contributed by atoms with Crippen molar-refractivity contribution in [2.75, 3.05) is 0 Å². The zero-order valence-electron chi connectivity index (χ0n) is 14.9. The average molecular weight is 333 g/mol. The molecule has 0 aliphatic heterocycles. The van der Waals surface area contributed by atoms with Crippen LogP contribution in [0.1, 0.15) is 49.7 Å². The van der Waals surface area contributed by atoms with Crippen LogP contribution in [0.5, 0.6) is 0 Å². The number of rotatable bonds is 5. The highest BCUT2D eigenvalue weighted by Gasteiger charge is 2.42. The van der Waals surface area contributed by atoms with Crippen molar-refractivity contribution in [3.63, 3.8) is 0 Å². The van der Waals surface area contributed by atoms with E-state index in [2.05, 4.69) is 36.5 Å². The van der Waals surface area contributed by atoms with Crippen LogP contribution in [0.25, 0.3) is 0 Å². The SMILES string of the molecule is C[C@@H](NC(=O)C(c1ccccc1)c1ccccc1)[C@H]1C[C@H]2CC[C@H]1C2. The zero-order chi connectivity index (χ0) is 17.2. The smallest absolute Gasteiger partial charge is 0.232 e. The van der Waals surface area contributed by atoms with Crippen LogP contribution in [0.3, 0.4) is 0 Å². The summed E-state index contributed by atoms with van der Waals surface area (Å²) in [6, 6.07) is 20.5. The number of nitrogens with one attached hydrogen (secondary N) is 1. The van der Waals surface area contributed by atoms with Gasteiger partial charge in [0.15, 0.2) is 0 Å². The van der Waals surface area contributed by atoms with Gasteiger partial charge in [-0.2, -0.15) is 0 Å². The standard InChI is InChI=1S/C23H27NO/c1-16(21-15-17-12-13-20(21)14-17)24-23(25)22(18-8-4-2-5-9-18)19-10-6-3-7-11-19/h2-11,16-17,20-22H,12-15H2,1H3,(H,24,25)/t16-,17+,20+,21-/m1/s1. The molecule has 4 rings (SSSR count). The molecule has 25 heavy (non-hydrogen) atoms. The van der Waals surface area contributed by atoms with Crippen LogP contribution in [0.4, 0.5) is 0 Å². The zero-order valence-corrected chi connectivity index (χ0v) is 14.9. The van der Waals surface area contributed by atoms with Crippen LogP contribution in [-0.4, -0.2) is 11.9 Å². The molecule has 2 aliphatic carbocycles. The predicted molar refractivity (Wildman–Crippen MR) is 101 cm³/mol. The van der Waals surface area contributed by atoms with E-state index in [1.165, 1.54) is 25.7 Å². The Morgan fingerprint density at radius 2 is 1.52 bits per heavy atom. The first-order valence-corrected chi connectivity index (χ1v) is 9.62. The molecule has 0 aromatic heterocycles. The second kappa shape index (κ2) is 7.03. The fourth-order valence-electron chi connectivity index (χ4n) is 5.11. The third-order valence-electron chi connectivity index (χ3n) is 6.33. The molecular weight excluding hydrogens is 306 g/mol. The molecule has 2 nitrogen and oxygen atoms in total. The third-order valence-corrected chi connectivity index (χ3v) is 6.33. The molecule has 0 saturated heterocycles. The Hall–Kier alpha value is -2.09. The Kier molecular flexibility index (Phi) is 4.61. The van der Waals surface area contributed by atoms with Gasteiger partial charge in [0.05, 0.1) is 5.92 Å². The van der Waals surface area contributed by atoms with E-state index in [1.54, 1.807) is 0 Å². The minimum Gasteiger partial charge on any atom is -0.353 e. The summed E-state index contributed by atoms with van der Waals surface area (Å²) in [5.74, 6) is 2.30. The van der Waals surface area contributed by atoms with E-state index in [4.69, 9.17) is 0 Å². The normalized spacial score (nSPS) is 25.9. The molecule has 0 spiro atoms. The molecule has 2 aromatic carbocycles. The maximum absolute atomic E-state index is 13.2. The van der Waals surface area contributed by atoms with Crippen molar-refractivity contribution in [1.29, 1.82) is 0 Å². The number of hydrogen-bond donors (Lipinski definition) is 1. The predicted octanol–water partition coefficient (Wildman–Crippen LogP) is 4.76. The Morgan fingerprint density at radius 1 is 0.920 bits per heavy atom. The van der Waals surface area contributed by atoms with E-state index < -0.39 is 0 Å². The lowest BCUT2D eigenvalue weighted by molar-refractivity contribution is -0.122. The van der Waals surface area contributed by atoms with Gasteiger partial charge in [0.2, 0.25) is 5.91 Å². The first kappa shape index (κ1) is 16.4. The minimum atomic E-state index is -0.233. The lowest BCUT2D eigenvalue weighted by Gasteiger charge is -2.30. The third kappa shape index (κ3) is 3.35. The van der Waals surface area contributed by atoms with Gasteiger partial charge >= 0.3 is 0 Å². The molecule has 0 heterocycles. The van der Waals surface area contributed by atoms with E-state index >= 15 is 0 Å². The summed E-state index contributed by atoms with van der Waals surface area (Å²) in [6.07, 6.45) is 5.44. The summed E-state index contributed by atoms with van der Waals surface area (Å²) < 4.78 is 0. The fourth-order valence-corrected chi connectivity index (χ4v) is 5.11. The van der Waals surface area contributed by atoms with Gasteiger partial charge in [-0.3, -0.25) is 4.79 Å². The van der Waals surface area contributed by atoms with Gasteiger partial charge < -0.3 is 5.32 Å². The van der Waals surface area contributed by atoms with Gasteiger partial charge in [-0.1, -0.05) is 67.1 Å². The maximum atomic E-state index is 13.2. The molecule has 1 N–H and O–H groups in total. The molecule has 2 heteroatoms. The Bertz CT molecular complexity index is 672. The van der Waals surface area contributed by atoms with E-state index in [9.17, 15) is 4.79 Å². The Balaban J connectivity index is 1.54. The minimum absolute atomic E-state index is 0.132. The number of carbonyl (C=O) groups is 1. The monoisotopic (exact) mass is 333 g/mol. The molecular formula is C23H27NO. The molecule has 2 saturated carbocycles.